The lowest BCUT2D eigenvalue weighted by molar-refractivity contribution is 0.297. The van der Waals surface area contributed by atoms with E-state index < -0.39 is 0 Å². The molecule has 86 valence electrons. The molecular weight excluding hydrogens is 188 g/mol. The maximum Gasteiger partial charge on any atom is 0.138 e. The predicted octanol–water partition coefficient (Wildman–Crippen LogP) is 1.60. The fraction of sp³-hybridized carbons (Fsp3) is 0.818. The number of hydrogen-bond acceptors (Lipinski definition) is 3. The summed E-state index contributed by atoms with van der Waals surface area (Å²) in [6, 6.07) is 0. The smallest absolute Gasteiger partial charge is 0.138 e. The average molecular weight is 210 g/mol. The van der Waals surface area contributed by atoms with Gasteiger partial charge in [-0.25, -0.2) is 4.98 Å². The molecule has 2 N–H and O–H groups in total. The number of nitrogens with zero attached hydrogens (tertiary/aromatic N) is 3. The summed E-state index contributed by atoms with van der Waals surface area (Å²) in [6.07, 6.45) is 3.48. The first-order chi connectivity index (χ1) is 7.01. The standard InChI is InChI=1S/C11H22N4/c1-5-9(3)11(4,12)7-10-13-8-14-15(10)6-2/h8-9H,5-7,12H2,1-4H3. The molecule has 1 heterocycles. The van der Waals surface area contributed by atoms with E-state index in [1.165, 1.54) is 0 Å². The maximum absolute atomic E-state index is 6.30. The second-order valence-electron chi connectivity index (χ2n) is 4.48. The summed E-state index contributed by atoms with van der Waals surface area (Å²) in [4.78, 5) is 4.26. The first-order valence-corrected chi connectivity index (χ1v) is 5.66. The van der Waals surface area contributed by atoms with Gasteiger partial charge in [0.1, 0.15) is 12.2 Å². The van der Waals surface area contributed by atoms with Gasteiger partial charge in [0.15, 0.2) is 0 Å². The van der Waals surface area contributed by atoms with Crippen LogP contribution in [0.4, 0.5) is 0 Å². The van der Waals surface area contributed by atoms with Crippen LogP contribution in [-0.4, -0.2) is 20.3 Å². The fourth-order valence-corrected chi connectivity index (χ4v) is 1.67. The van der Waals surface area contributed by atoms with Gasteiger partial charge in [0, 0.05) is 18.5 Å². The number of aromatic nitrogens is 3. The van der Waals surface area contributed by atoms with Gasteiger partial charge in [-0.05, 0) is 19.8 Å². The number of aryl methyl sites for hydroxylation is 1. The molecule has 0 amide bonds. The Morgan fingerprint density at radius 3 is 2.73 bits per heavy atom. The van der Waals surface area contributed by atoms with Crippen LogP contribution in [0.15, 0.2) is 6.33 Å². The van der Waals surface area contributed by atoms with Crippen molar-refractivity contribution in [3.63, 3.8) is 0 Å². The summed E-state index contributed by atoms with van der Waals surface area (Å²) in [6.45, 7) is 9.37. The zero-order valence-electron chi connectivity index (χ0n) is 10.2. The molecule has 0 aliphatic heterocycles. The zero-order chi connectivity index (χ0) is 11.5. The molecule has 0 saturated heterocycles. The van der Waals surface area contributed by atoms with Crippen molar-refractivity contribution in [3.8, 4) is 0 Å². The monoisotopic (exact) mass is 210 g/mol. The highest BCUT2D eigenvalue weighted by molar-refractivity contribution is 4.97. The van der Waals surface area contributed by atoms with Gasteiger partial charge in [-0.1, -0.05) is 20.3 Å². The minimum absolute atomic E-state index is 0.200. The Morgan fingerprint density at radius 2 is 2.20 bits per heavy atom. The molecule has 1 aromatic rings. The molecule has 0 aliphatic carbocycles. The normalized spacial score (nSPS) is 17.4. The number of nitrogens with two attached hydrogens (primary N) is 1. The van der Waals surface area contributed by atoms with Gasteiger partial charge >= 0.3 is 0 Å². The highest BCUT2D eigenvalue weighted by Crippen LogP contribution is 2.21. The van der Waals surface area contributed by atoms with Crippen LogP contribution in [-0.2, 0) is 13.0 Å². The Hall–Kier alpha value is -0.900. The highest BCUT2D eigenvalue weighted by atomic mass is 15.3. The lowest BCUT2D eigenvalue weighted by atomic mass is 9.83. The summed E-state index contributed by atoms with van der Waals surface area (Å²) < 4.78 is 1.91. The molecule has 0 spiro atoms. The van der Waals surface area contributed by atoms with E-state index in [2.05, 4.69) is 37.8 Å². The lowest BCUT2D eigenvalue weighted by Crippen LogP contribution is -2.45. The van der Waals surface area contributed by atoms with E-state index in [0.717, 1.165) is 25.2 Å². The summed E-state index contributed by atoms with van der Waals surface area (Å²) >= 11 is 0. The molecular formula is C11H22N4. The van der Waals surface area contributed by atoms with Crippen molar-refractivity contribution in [2.24, 2.45) is 11.7 Å². The van der Waals surface area contributed by atoms with Crippen molar-refractivity contribution in [1.82, 2.24) is 14.8 Å². The van der Waals surface area contributed by atoms with Crippen molar-refractivity contribution in [3.05, 3.63) is 12.2 Å². The third-order valence-corrected chi connectivity index (χ3v) is 3.27. The number of hydrogen-bond donors (Lipinski definition) is 1. The van der Waals surface area contributed by atoms with Gasteiger partial charge in [0.2, 0.25) is 0 Å². The van der Waals surface area contributed by atoms with Gasteiger partial charge in [-0.3, -0.25) is 4.68 Å². The summed E-state index contributed by atoms with van der Waals surface area (Å²) in [5, 5.41) is 4.15. The molecule has 4 heteroatoms. The molecule has 0 fully saturated rings. The summed E-state index contributed by atoms with van der Waals surface area (Å²) in [5.41, 5.74) is 6.10. The van der Waals surface area contributed by atoms with Crippen molar-refractivity contribution >= 4 is 0 Å². The SMILES string of the molecule is CCC(C)C(C)(N)Cc1ncnn1CC. The highest BCUT2D eigenvalue weighted by Gasteiger charge is 2.27. The summed E-state index contributed by atoms with van der Waals surface area (Å²) in [7, 11) is 0. The molecule has 0 saturated carbocycles. The Balaban J connectivity index is 2.76. The first kappa shape index (κ1) is 12.2. The van der Waals surface area contributed by atoms with Crippen molar-refractivity contribution in [1.29, 1.82) is 0 Å². The van der Waals surface area contributed by atoms with Crippen LogP contribution in [0.1, 0.15) is 39.9 Å². The molecule has 2 unspecified atom stereocenters. The van der Waals surface area contributed by atoms with Crippen LogP contribution in [0.2, 0.25) is 0 Å². The Bertz CT molecular complexity index is 303. The average Bonchev–Trinajstić information content (AvgIpc) is 2.63. The molecule has 0 aliphatic rings. The van der Waals surface area contributed by atoms with Gasteiger partial charge in [-0.2, -0.15) is 5.10 Å². The van der Waals surface area contributed by atoms with Crippen LogP contribution in [0.3, 0.4) is 0 Å². The van der Waals surface area contributed by atoms with E-state index in [4.69, 9.17) is 5.73 Å². The van der Waals surface area contributed by atoms with E-state index in [1.54, 1.807) is 6.33 Å². The second kappa shape index (κ2) is 4.75. The lowest BCUT2D eigenvalue weighted by Gasteiger charge is -2.30. The molecule has 4 nitrogen and oxygen atoms in total. The Labute approximate surface area is 91.9 Å². The van der Waals surface area contributed by atoms with E-state index in [9.17, 15) is 0 Å². The third kappa shape index (κ3) is 2.78. The third-order valence-electron chi connectivity index (χ3n) is 3.27. The van der Waals surface area contributed by atoms with Gasteiger partial charge in [-0.15, -0.1) is 0 Å². The Kier molecular flexibility index (Phi) is 3.85. The molecule has 2 atom stereocenters. The minimum atomic E-state index is -0.200. The molecule has 0 radical (unpaired) electrons. The van der Waals surface area contributed by atoms with Crippen LogP contribution < -0.4 is 5.73 Å². The van der Waals surface area contributed by atoms with Gasteiger partial charge < -0.3 is 5.73 Å². The van der Waals surface area contributed by atoms with E-state index in [1.807, 2.05) is 4.68 Å². The van der Waals surface area contributed by atoms with E-state index in [-0.39, 0.29) is 5.54 Å². The van der Waals surface area contributed by atoms with Gasteiger partial charge in [0.05, 0.1) is 0 Å². The molecule has 15 heavy (non-hydrogen) atoms. The van der Waals surface area contributed by atoms with Crippen molar-refractivity contribution in [2.45, 2.75) is 52.6 Å². The quantitative estimate of drug-likeness (QED) is 0.803. The molecule has 0 aromatic carbocycles. The predicted molar refractivity (Wildman–Crippen MR) is 61.4 cm³/mol. The van der Waals surface area contributed by atoms with Crippen LogP contribution in [0.25, 0.3) is 0 Å². The summed E-state index contributed by atoms with van der Waals surface area (Å²) in [5.74, 6) is 1.47. The van der Waals surface area contributed by atoms with Crippen LogP contribution in [0, 0.1) is 5.92 Å². The Morgan fingerprint density at radius 1 is 1.53 bits per heavy atom. The number of rotatable bonds is 5. The molecule has 1 aromatic heterocycles. The fourth-order valence-electron chi connectivity index (χ4n) is 1.67. The second-order valence-corrected chi connectivity index (χ2v) is 4.48. The van der Waals surface area contributed by atoms with Crippen LogP contribution >= 0.6 is 0 Å². The van der Waals surface area contributed by atoms with Gasteiger partial charge in [0.25, 0.3) is 0 Å². The van der Waals surface area contributed by atoms with Crippen molar-refractivity contribution < 1.29 is 0 Å². The van der Waals surface area contributed by atoms with E-state index in [0.29, 0.717) is 5.92 Å². The van der Waals surface area contributed by atoms with Crippen LogP contribution in [0.5, 0.6) is 0 Å². The first-order valence-electron chi connectivity index (χ1n) is 5.66. The molecule has 1 rings (SSSR count). The maximum atomic E-state index is 6.30. The molecule has 0 bridgehead atoms. The zero-order valence-corrected chi connectivity index (χ0v) is 10.2. The minimum Gasteiger partial charge on any atom is -0.325 e. The van der Waals surface area contributed by atoms with Crippen molar-refractivity contribution in [2.75, 3.05) is 0 Å². The van der Waals surface area contributed by atoms with E-state index >= 15 is 0 Å². The largest absolute Gasteiger partial charge is 0.325 e. The topological polar surface area (TPSA) is 56.7 Å².